The maximum Gasteiger partial charge on any atom is 0.158 e. The zero-order chi connectivity index (χ0) is 32.5. The number of halogens is 4. The molecule has 0 aliphatic carbocycles. The van der Waals surface area contributed by atoms with Gasteiger partial charge in [0.25, 0.3) is 0 Å². The molecule has 2 aliphatic rings. The van der Waals surface area contributed by atoms with Gasteiger partial charge in [0.2, 0.25) is 0 Å². The van der Waals surface area contributed by atoms with Crippen LogP contribution < -0.4 is 0 Å². The Morgan fingerprint density at radius 3 is 0.854 bits per heavy atom. The van der Waals surface area contributed by atoms with Gasteiger partial charge in [-0.3, -0.25) is 0 Å². The number of nitrogens with zero attached hydrogens (tertiary/aromatic N) is 10. The molecule has 0 saturated carbocycles. The minimum Gasteiger partial charge on any atom is -0.354 e. The molecule has 7 aromatic heterocycles. The Morgan fingerprint density at radius 1 is 0.396 bits per heavy atom. The lowest BCUT2D eigenvalue weighted by Gasteiger charge is -2.05. The van der Waals surface area contributed by atoms with Gasteiger partial charge < -0.3 is 9.97 Å². The number of rotatable bonds is 4. The van der Waals surface area contributed by atoms with Crippen LogP contribution in [0.15, 0.2) is 73.8 Å². The molecule has 12 nitrogen and oxygen atoms in total. The molecule has 9 rings (SSSR count). The van der Waals surface area contributed by atoms with Gasteiger partial charge >= 0.3 is 0 Å². The van der Waals surface area contributed by atoms with Gasteiger partial charge in [0.15, 0.2) is 23.3 Å². The molecule has 16 heteroatoms. The minimum absolute atomic E-state index is 0.489. The second-order valence-corrected chi connectivity index (χ2v) is 12.2. The van der Waals surface area contributed by atoms with Crippen LogP contribution in [0.1, 0.15) is 22.8 Å². The van der Waals surface area contributed by atoms with Crippen LogP contribution in [-0.2, 0) is 0 Å². The second-order valence-electron chi connectivity index (χ2n) is 10.8. The molecule has 234 valence electrons. The third-order valence-corrected chi connectivity index (χ3v) is 9.13. The van der Waals surface area contributed by atoms with E-state index in [4.69, 9.17) is 57.1 Å². The van der Waals surface area contributed by atoms with Crippen molar-refractivity contribution in [1.82, 2.24) is 56.2 Å². The summed E-state index contributed by atoms with van der Waals surface area (Å²) in [5, 5.41) is 0. The van der Waals surface area contributed by atoms with Crippen molar-refractivity contribution in [2.45, 2.75) is 0 Å². The van der Waals surface area contributed by atoms with Gasteiger partial charge in [-0.1, -0.05) is 0 Å². The highest BCUT2D eigenvalue weighted by atomic mass is 35.5. The summed E-state index contributed by atoms with van der Waals surface area (Å²) in [6.07, 6.45) is 20.8. The summed E-state index contributed by atoms with van der Waals surface area (Å²) in [6.45, 7) is 0. The Kier molecular flexibility index (Phi) is 6.66. The zero-order valence-corrected chi connectivity index (χ0v) is 27.2. The van der Waals surface area contributed by atoms with Crippen LogP contribution in [0.4, 0.5) is 0 Å². The topological polar surface area (TPSA) is 129 Å². The van der Waals surface area contributed by atoms with Crippen LogP contribution >= 0.6 is 47.1 Å². The Balaban J connectivity index is 1.51. The predicted molar refractivity (Wildman–Crippen MR) is 189 cm³/mol. The highest BCUT2D eigenvalue weighted by molar-refractivity contribution is 6.19. The summed E-state index contributed by atoms with van der Waals surface area (Å²) >= 11 is 26.5. The summed E-state index contributed by atoms with van der Waals surface area (Å²) in [4.78, 5) is 35.6. The van der Waals surface area contributed by atoms with Gasteiger partial charge in [-0.15, -0.1) is 0 Å². The molecule has 2 aliphatic heterocycles. The number of aromatic amines is 2. The fourth-order valence-corrected chi connectivity index (χ4v) is 6.70. The summed E-state index contributed by atoms with van der Waals surface area (Å²) in [7, 11) is 0. The molecule has 0 radical (unpaired) electrons. The highest BCUT2D eigenvalue weighted by Crippen LogP contribution is 2.37. The first-order chi connectivity index (χ1) is 23.4. The van der Waals surface area contributed by atoms with Crippen molar-refractivity contribution in [2.24, 2.45) is 0 Å². The lowest BCUT2D eigenvalue weighted by molar-refractivity contribution is 1.19. The Morgan fingerprint density at radius 2 is 0.646 bits per heavy atom. The molecule has 0 amide bonds. The van der Waals surface area contributed by atoms with E-state index < -0.39 is 0 Å². The molecule has 0 aromatic carbocycles. The number of nitrogens with one attached hydrogen (secondary N) is 2. The monoisotopic (exact) mass is 710 g/mol. The van der Waals surface area contributed by atoms with Crippen molar-refractivity contribution < 1.29 is 0 Å². The molecule has 8 bridgehead atoms. The number of aromatic nitrogens is 12. The van der Waals surface area contributed by atoms with Crippen LogP contribution in [0.2, 0.25) is 0 Å². The highest BCUT2D eigenvalue weighted by Gasteiger charge is 2.23. The van der Waals surface area contributed by atoms with Crippen molar-refractivity contribution in [3.05, 3.63) is 96.6 Å². The van der Waals surface area contributed by atoms with Crippen LogP contribution in [0.25, 0.3) is 91.9 Å². The van der Waals surface area contributed by atoms with E-state index in [-0.39, 0.29) is 0 Å². The molecule has 7 aromatic rings. The third-order valence-electron chi connectivity index (χ3n) is 8.04. The van der Waals surface area contributed by atoms with Gasteiger partial charge in [-0.25, -0.2) is 46.2 Å². The summed E-state index contributed by atoms with van der Waals surface area (Å²) in [6, 6.07) is 7.73. The van der Waals surface area contributed by atoms with E-state index in [2.05, 4.69) is 29.9 Å². The van der Waals surface area contributed by atoms with Crippen LogP contribution in [-0.4, -0.2) is 56.2 Å². The quantitative estimate of drug-likeness (QED) is 0.190. The Labute approximate surface area is 290 Å². The van der Waals surface area contributed by atoms with E-state index in [1.54, 1.807) is 49.6 Å². The first-order valence-corrected chi connectivity index (χ1v) is 15.8. The SMILES string of the molecule is Cln1ccnc1-c1c2nc(c(-c3nccn3Cl)c3ccc([nH]3)c(-c3nccn3Cl)c3nc(c(-c4nccn4Cl)c4ccc1[nH]4)C=C3)C=C2. The van der Waals surface area contributed by atoms with Crippen molar-refractivity contribution >= 4 is 93.5 Å². The minimum atomic E-state index is 0.489. The standard InChI is InChI=1S/C32H18Cl4N12/c33-45-13-9-37-29(45)25-17-1-2-18(41-17)26(30-38-10-14-46(30)34)20-5-6-22(43-20)28(32-40-12-16-48(32)36)24-8-7-23(44-24)27(21-4-3-19(25)42-21)31-39-11-15-47(31)35/h1-16,41,44H. The molecule has 2 N–H and O–H groups in total. The van der Waals surface area contributed by atoms with Gasteiger partial charge in [0.1, 0.15) is 0 Å². The van der Waals surface area contributed by atoms with Gasteiger partial charge in [0.05, 0.1) is 67.1 Å². The molecule has 0 fully saturated rings. The summed E-state index contributed by atoms with van der Waals surface area (Å²) in [5.74, 6) is 1.96. The fourth-order valence-electron chi connectivity index (χ4n) is 5.99. The number of imidazole rings is 4. The van der Waals surface area contributed by atoms with Gasteiger partial charge in [0, 0.05) is 96.7 Å². The largest absolute Gasteiger partial charge is 0.354 e. The first kappa shape index (κ1) is 28.8. The third kappa shape index (κ3) is 4.53. The van der Waals surface area contributed by atoms with Crippen molar-refractivity contribution in [1.29, 1.82) is 0 Å². The van der Waals surface area contributed by atoms with Crippen LogP contribution in [0.5, 0.6) is 0 Å². The molecular weight excluding hydrogens is 694 g/mol. The molecule has 9 heterocycles. The average Bonchev–Trinajstić information content (AvgIpc) is 3.91. The maximum absolute atomic E-state index is 6.62. The smallest absolute Gasteiger partial charge is 0.158 e. The van der Waals surface area contributed by atoms with Crippen molar-refractivity contribution in [2.75, 3.05) is 0 Å². The lowest BCUT2D eigenvalue weighted by atomic mass is 10.1. The van der Waals surface area contributed by atoms with Crippen LogP contribution in [0.3, 0.4) is 0 Å². The van der Waals surface area contributed by atoms with E-state index >= 15 is 0 Å². The zero-order valence-electron chi connectivity index (χ0n) is 24.2. The van der Waals surface area contributed by atoms with E-state index in [1.807, 2.05) is 48.6 Å². The van der Waals surface area contributed by atoms with Crippen molar-refractivity contribution in [3.8, 4) is 45.6 Å². The molecular formula is C32H18Cl4N12. The lowest BCUT2D eigenvalue weighted by Crippen LogP contribution is -1.94. The second kappa shape index (κ2) is 11.1. The summed E-state index contributed by atoms with van der Waals surface area (Å²) < 4.78 is 5.70. The van der Waals surface area contributed by atoms with E-state index in [0.29, 0.717) is 90.4 Å². The predicted octanol–water partition coefficient (Wildman–Crippen LogP) is 8.12. The first-order valence-electron chi connectivity index (χ1n) is 14.4. The molecule has 0 unspecified atom stereocenters. The van der Waals surface area contributed by atoms with E-state index in [0.717, 1.165) is 0 Å². The molecule has 48 heavy (non-hydrogen) atoms. The molecule has 0 spiro atoms. The van der Waals surface area contributed by atoms with Gasteiger partial charge in [-0.05, 0) is 48.6 Å². The van der Waals surface area contributed by atoms with Crippen LogP contribution in [0, 0.1) is 0 Å². The number of H-pyrrole nitrogens is 2. The number of hydrogen-bond acceptors (Lipinski definition) is 6. The Bertz CT molecular complexity index is 2290. The Hall–Kier alpha value is -5.40. The van der Waals surface area contributed by atoms with Gasteiger partial charge in [-0.2, -0.15) is 0 Å². The molecule has 0 atom stereocenters. The number of fused-ring (bicyclic) bond motifs is 8. The number of hydrogen-bond donors (Lipinski definition) is 2. The summed E-state index contributed by atoms with van der Waals surface area (Å²) in [5.41, 5.74) is 7.89. The normalized spacial score (nSPS) is 12.4. The van der Waals surface area contributed by atoms with E-state index in [1.165, 1.54) is 16.3 Å². The average molecular weight is 712 g/mol. The maximum atomic E-state index is 6.62. The molecule has 0 saturated heterocycles. The fraction of sp³-hybridized carbons (Fsp3) is 0. The van der Waals surface area contributed by atoms with E-state index in [9.17, 15) is 0 Å². The van der Waals surface area contributed by atoms with Crippen molar-refractivity contribution in [3.63, 3.8) is 0 Å².